The molecular formula is C15H23NO2S. The zero-order valence-electron chi connectivity index (χ0n) is 11.7. The van der Waals surface area contributed by atoms with Gasteiger partial charge in [0.15, 0.2) is 0 Å². The van der Waals surface area contributed by atoms with E-state index in [0.717, 1.165) is 25.7 Å². The zero-order chi connectivity index (χ0) is 13.9. The fourth-order valence-electron chi connectivity index (χ4n) is 2.94. The molecule has 1 aromatic rings. The second-order valence-corrected chi connectivity index (χ2v) is 6.93. The quantitative estimate of drug-likeness (QED) is 0.868. The van der Waals surface area contributed by atoms with Gasteiger partial charge in [0.2, 0.25) is 0 Å². The Morgan fingerprint density at radius 2 is 2.21 bits per heavy atom. The Bertz CT molecular complexity index is 406. The second-order valence-electron chi connectivity index (χ2n) is 5.90. The summed E-state index contributed by atoms with van der Waals surface area (Å²) in [6.07, 6.45) is 3.52. The molecule has 1 aliphatic carbocycles. The van der Waals surface area contributed by atoms with Gasteiger partial charge < -0.3 is 5.11 Å². The van der Waals surface area contributed by atoms with Crippen LogP contribution in [0, 0.1) is 11.8 Å². The van der Waals surface area contributed by atoms with E-state index in [9.17, 15) is 9.90 Å². The highest BCUT2D eigenvalue weighted by Gasteiger charge is 2.41. The Labute approximate surface area is 119 Å². The predicted molar refractivity (Wildman–Crippen MR) is 78.3 cm³/mol. The van der Waals surface area contributed by atoms with Crippen LogP contribution in [-0.2, 0) is 11.3 Å². The fraction of sp³-hybridized carbons (Fsp3) is 0.667. The van der Waals surface area contributed by atoms with E-state index in [1.54, 1.807) is 11.3 Å². The van der Waals surface area contributed by atoms with Crippen LogP contribution >= 0.6 is 11.3 Å². The largest absolute Gasteiger partial charge is 0.480 e. The molecule has 0 radical (unpaired) electrons. The molecule has 4 heteroatoms. The number of rotatable bonds is 5. The van der Waals surface area contributed by atoms with E-state index in [1.165, 1.54) is 4.88 Å². The molecule has 2 rings (SSSR count). The highest BCUT2D eigenvalue weighted by Crippen LogP contribution is 2.36. The van der Waals surface area contributed by atoms with E-state index >= 15 is 0 Å². The number of hydrogen-bond donors (Lipinski definition) is 2. The van der Waals surface area contributed by atoms with Gasteiger partial charge >= 0.3 is 5.97 Å². The number of carbonyl (C=O) groups is 1. The molecule has 0 atom stereocenters. The third-order valence-corrected chi connectivity index (χ3v) is 5.29. The molecule has 0 unspecified atom stereocenters. The maximum absolute atomic E-state index is 11.7. The average molecular weight is 281 g/mol. The molecule has 19 heavy (non-hydrogen) atoms. The van der Waals surface area contributed by atoms with Crippen molar-refractivity contribution >= 4 is 17.3 Å². The molecule has 1 heterocycles. The lowest BCUT2D eigenvalue weighted by Crippen LogP contribution is -2.54. The number of aliphatic carboxylic acids is 1. The summed E-state index contributed by atoms with van der Waals surface area (Å²) in [7, 11) is 0. The number of carboxylic acid groups (broad SMARTS) is 1. The molecule has 0 saturated heterocycles. The number of hydrogen-bond acceptors (Lipinski definition) is 3. The normalized spacial score (nSPS) is 27.6. The maximum Gasteiger partial charge on any atom is 0.323 e. The Kier molecular flexibility index (Phi) is 4.63. The molecule has 0 aromatic carbocycles. The minimum atomic E-state index is -0.713. The highest BCUT2D eigenvalue weighted by molar-refractivity contribution is 7.09. The minimum Gasteiger partial charge on any atom is -0.480 e. The summed E-state index contributed by atoms with van der Waals surface area (Å²) in [4.78, 5) is 12.9. The van der Waals surface area contributed by atoms with Crippen molar-refractivity contribution < 1.29 is 9.90 Å². The summed E-state index contributed by atoms with van der Waals surface area (Å²) in [6.45, 7) is 5.13. The summed E-state index contributed by atoms with van der Waals surface area (Å²) < 4.78 is 0. The van der Waals surface area contributed by atoms with Crippen LogP contribution in [0.3, 0.4) is 0 Å². The summed E-state index contributed by atoms with van der Waals surface area (Å²) in [5, 5.41) is 14.9. The fourth-order valence-corrected chi connectivity index (χ4v) is 3.58. The number of nitrogens with one attached hydrogen (secondary N) is 1. The third-order valence-electron chi connectivity index (χ3n) is 4.42. The molecule has 1 aliphatic rings. The smallest absolute Gasteiger partial charge is 0.323 e. The van der Waals surface area contributed by atoms with Crippen molar-refractivity contribution in [2.45, 2.75) is 51.6 Å². The van der Waals surface area contributed by atoms with Crippen molar-refractivity contribution in [1.82, 2.24) is 5.32 Å². The van der Waals surface area contributed by atoms with Gasteiger partial charge in [-0.15, -0.1) is 11.3 Å². The van der Waals surface area contributed by atoms with Gasteiger partial charge in [0, 0.05) is 11.4 Å². The maximum atomic E-state index is 11.7. The highest BCUT2D eigenvalue weighted by atomic mass is 32.1. The third kappa shape index (κ3) is 3.37. The van der Waals surface area contributed by atoms with Gasteiger partial charge in [-0.25, -0.2) is 0 Å². The molecule has 0 amide bonds. The van der Waals surface area contributed by atoms with Crippen molar-refractivity contribution in [3.8, 4) is 0 Å². The predicted octanol–water partition coefficient (Wildman–Crippen LogP) is 3.51. The molecule has 0 spiro atoms. The minimum absolute atomic E-state index is 0.657. The lowest BCUT2D eigenvalue weighted by Gasteiger charge is -2.38. The molecule has 1 saturated carbocycles. The van der Waals surface area contributed by atoms with Crippen LogP contribution in [0.1, 0.15) is 44.4 Å². The van der Waals surface area contributed by atoms with E-state index in [1.807, 2.05) is 17.5 Å². The van der Waals surface area contributed by atoms with Gasteiger partial charge in [0.1, 0.15) is 5.54 Å². The summed E-state index contributed by atoms with van der Waals surface area (Å²) in [5.74, 6) is 0.645. The van der Waals surface area contributed by atoms with E-state index in [4.69, 9.17) is 0 Å². The summed E-state index contributed by atoms with van der Waals surface area (Å²) in [6, 6.07) is 4.05. The Hall–Kier alpha value is -0.870. The second kappa shape index (κ2) is 6.06. The molecule has 106 valence electrons. The van der Waals surface area contributed by atoms with Crippen LogP contribution in [0.2, 0.25) is 0 Å². The van der Waals surface area contributed by atoms with Crippen LogP contribution in [0.15, 0.2) is 17.5 Å². The van der Waals surface area contributed by atoms with Crippen LogP contribution in [-0.4, -0.2) is 16.6 Å². The summed E-state index contributed by atoms with van der Waals surface area (Å²) >= 11 is 1.67. The van der Waals surface area contributed by atoms with E-state index in [-0.39, 0.29) is 0 Å². The molecule has 2 N–H and O–H groups in total. The average Bonchev–Trinajstić information content (AvgIpc) is 2.89. The molecule has 1 aromatic heterocycles. The molecule has 1 fully saturated rings. The first-order valence-corrected chi connectivity index (χ1v) is 7.92. The molecule has 0 bridgehead atoms. The first-order valence-electron chi connectivity index (χ1n) is 7.04. The van der Waals surface area contributed by atoms with E-state index < -0.39 is 11.5 Å². The van der Waals surface area contributed by atoms with Crippen LogP contribution in [0.4, 0.5) is 0 Å². The van der Waals surface area contributed by atoms with Gasteiger partial charge in [-0.2, -0.15) is 0 Å². The van der Waals surface area contributed by atoms with E-state index in [0.29, 0.717) is 18.4 Å². The van der Waals surface area contributed by atoms with Gasteiger partial charge in [-0.3, -0.25) is 10.1 Å². The first kappa shape index (κ1) is 14.5. The van der Waals surface area contributed by atoms with Crippen molar-refractivity contribution in [2.75, 3.05) is 0 Å². The Morgan fingerprint density at radius 1 is 1.53 bits per heavy atom. The Morgan fingerprint density at radius 3 is 2.68 bits per heavy atom. The standard InChI is InChI=1S/C15H23NO2S/c1-11(2)12-5-7-15(8-6-12,14(17)18)16-10-13-4-3-9-19-13/h3-4,9,11-12,16H,5-8,10H2,1-2H3,(H,17,18). The molecular weight excluding hydrogens is 258 g/mol. The molecule has 3 nitrogen and oxygen atoms in total. The monoisotopic (exact) mass is 281 g/mol. The van der Waals surface area contributed by atoms with Crippen molar-refractivity contribution in [2.24, 2.45) is 11.8 Å². The van der Waals surface area contributed by atoms with Crippen LogP contribution < -0.4 is 5.32 Å². The zero-order valence-corrected chi connectivity index (χ0v) is 12.5. The number of thiophene rings is 1. The lowest BCUT2D eigenvalue weighted by atomic mass is 9.73. The van der Waals surface area contributed by atoms with Gasteiger partial charge in [0.25, 0.3) is 0 Å². The number of carboxylic acids is 1. The van der Waals surface area contributed by atoms with Gasteiger partial charge in [-0.05, 0) is 49.0 Å². The van der Waals surface area contributed by atoms with Gasteiger partial charge in [0.05, 0.1) is 0 Å². The first-order chi connectivity index (χ1) is 9.03. The van der Waals surface area contributed by atoms with Crippen molar-refractivity contribution in [3.05, 3.63) is 22.4 Å². The topological polar surface area (TPSA) is 49.3 Å². The Balaban J connectivity index is 1.98. The molecule has 0 aliphatic heterocycles. The van der Waals surface area contributed by atoms with Crippen molar-refractivity contribution in [1.29, 1.82) is 0 Å². The lowest BCUT2D eigenvalue weighted by molar-refractivity contribution is -0.147. The van der Waals surface area contributed by atoms with Crippen LogP contribution in [0.25, 0.3) is 0 Å². The SMILES string of the molecule is CC(C)C1CCC(NCc2cccs2)(C(=O)O)CC1. The summed E-state index contributed by atoms with van der Waals surface area (Å²) in [5.41, 5.74) is -0.713. The van der Waals surface area contributed by atoms with Crippen molar-refractivity contribution in [3.63, 3.8) is 0 Å². The van der Waals surface area contributed by atoms with Gasteiger partial charge in [-0.1, -0.05) is 19.9 Å². The van der Waals surface area contributed by atoms with E-state index in [2.05, 4.69) is 19.2 Å². The van der Waals surface area contributed by atoms with Crippen LogP contribution in [0.5, 0.6) is 0 Å².